The van der Waals surface area contributed by atoms with E-state index in [2.05, 4.69) is 21.5 Å². The van der Waals surface area contributed by atoms with Gasteiger partial charge in [0.2, 0.25) is 11.7 Å². The van der Waals surface area contributed by atoms with Crippen molar-refractivity contribution in [2.45, 2.75) is 19.9 Å². The maximum absolute atomic E-state index is 11.4. The lowest BCUT2D eigenvalue weighted by molar-refractivity contribution is -0.114. The lowest BCUT2D eigenvalue weighted by Gasteiger charge is -2.28. The third kappa shape index (κ3) is 3.28. The molecular weight excluding hydrogens is 352 g/mol. The molecule has 26 heavy (non-hydrogen) atoms. The number of halogens is 1. The summed E-state index contributed by atoms with van der Waals surface area (Å²) in [4.78, 5) is 17.9. The monoisotopic (exact) mass is 368 g/mol. The van der Waals surface area contributed by atoms with Gasteiger partial charge in [-0.25, -0.2) is 0 Å². The Balaban J connectivity index is 1.57. The van der Waals surface area contributed by atoms with Crippen molar-refractivity contribution in [3.05, 3.63) is 58.6 Å². The van der Waals surface area contributed by atoms with Crippen LogP contribution in [0.2, 0.25) is 5.02 Å². The van der Waals surface area contributed by atoms with Crippen molar-refractivity contribution in [1.29, 1.82) is 0 Å². The largest absolute Gasteiger partial charge is 0.326 e. The van der Waals surface area contributed by atoms with E-state index in [1.54, 1.807) is 12.1 Å². The van der Waals surface area contributed by atoms with Gasteiger partial charge in [0.05, 0.1) is 0 Å². The standard InChI is InChI=1S/C19H17ClN4O2/c1-12(25)21-17-7-3-5-14-11-24(9-8-16(14)17)19-22-18(23-26-19)13-4-2-6-15(20)10-13/h2-7,10H,8-9,11H2,1H3,(H,21,25). The molecule has 1 aromatic heterocycles. The zero-order chi connectivity index (χ0) is 18.1. The summed E-state index contributed by atoms with van der Waals surface area (Å²) in [5, 5.41) is 7.60. The second kappa shape index (κ2) is 6.80. The van der Waals surface area contributed by atoms with Crippen LogP contribution >= 0.6 is 11.6 Å². The molecule has 1 aliphatic rings. The number of rotatable bonds is 3. The number of nitrogens with one attached hydrogen (secondary N) is 1. The Morgan fingerprint density at radius 1 is 1.27 bits per heavy atom. The van der Waals surface area contributed by atoms with Crippen LogP contribution in [0.15, 0.2) is 47.0 Å². The quantitative estimate of drug-likeness (QED) is 0.758. The molecule has 1 amide bonds. The molecule has 4 rings (SSSR count). The Labute approximate surface area is 155 Å². The van der Waals surface area contributed by atoms with Gasteiger partial charge in [-0.2, -0.15) is 4.98 Å². The summed E-state index contributed by atoms with van der Waals surface area (Å²) in [5.74, 6) is 0.448. The molecule has 1 N–H and O–H groups in total. The van der Waals surface area contributed by atoms with Gasteiger partial charge in [0, 0.05) is 36.3 Å². The van der Waals surface area contributed by atoms with Gasteiger partial charge in [-0.05, 0) is 35.7 Å². The first-order valence-electron chi connectivity index (χ1n) is 8.33. The number of carbonyl (C=O) groups is 1. The molecule has 0 aliphatic carbocycles. The smallest absolute Gasteiger partial charge is 0.324 e. The molecule has 0 radical (unpaired) electrons. The third-order valence-electron chi connectivity index (χ3n) is 4.35. The average Bonchev–Trinajstić information content (AvgIpc) is 3.11. The average molecular weight is 369 g/mol. The molecule has 0 saturated heterocycles. The summed E-state index contributed by atoms with van der Waals surface area (Å²) in [6, 6.07) is 13.8. The Morgan fingerprint density at radius 2 is 2.12 bits per heavy atom. The van der Waals surface area contributed by atoms with Gasteiger partial charge in [-0.3, -0.25) is 4.79 Å². The Hall–Kier alpha value is -2.86. The Kier molecular flexibility index (Phi) is 4.34. The minimum atomic E-state index is -0.0658. The molecule has 2 heterocycles. The maximum Gasteiger partial charge on any atom is 0.324 e. The fourth-order valence-corrected chi connectivity index (χ4v) is 3.36. The third-order valence-corrected chi connectivity index (χ3v) is 4.58. The first kappa shape index (κ1) is 16.6. The molecule has 0 spiro atoms. The van der Waals surface area contributed by atoms with Crippen LogP contribution in [0.1, 0.15) is 18.1 Å². The summed E-state index contributed by atoms with van der Waals surface area (Å²) in [7, 11) is 0. The number of hydrogen-bond donors (Lipinski definition) is 1. The van der Waals surface area contributed by atoms with Crippen LogP contribution in [-0.4, -0.2) is 22.6 Å². The van der Waals surface area contributed by atoms with Crippen LogP contribution in [0.4, 0.5) is 11.7 Å². The van der Waals surface area contributed by atoms with Gasteiger partial charge in [-0.1, -0.05) is 41.0 Å². The molecule has 6 nitrogen and oxygen atoms in total. The molecule has 0 saturated carbocycles. The fraction of sp³-hybridized carbons (Fsp3) is 0.211. The highest BCUT2D eigenvalue weighted by Crippen LogP contribution is 2.30. The number of carbonyl (C=O) groups excluding carboxylic acids is 1. The van der Waals surface area contributed by atoms with Crippen molar-refractivity contribution in [2.24, 2.45) is 0 Å². The van der Waals surface area contributed by atoms with Crippen LogP contribution in [0.25, 0.3) is 11.4 Å². The number of aromatic nitrogens is 2. The topological polar surface area (TPSA) is 71.3 Å². The van der Waals surface area contributed by atoms with Crippen molar-refractivity contribution >= 4 is 29.2 Å². The van der Waals surface area contributed by atoms with Gasteiger partial charge in [-0.15, -0.1) is 0 Å². The minimum absolute atomic E-state index is 0.0658. The summed E-state index contributed by atoms with van der Waals surface area (Å²) in [6.45, 7) is 2.91. The van der Waals surface area contributed by atoms with E-state index in [-0.39, 0.29) is 5.91 Å². The lowest BCUT2D eigenvalue weighted by atomic mass is 9.98. The van der Waals surface area contributed by atoms with Crippen molar-refractivity contribution in [3.63, 3.8) is 0 Å². The highest BCUT2D eigenvalue weighted by molar-refractivity contribution is 6.30. The van der Waals surface area contributed by atoms with E-state index in [1.807, 2.05) is 29.2 Å². The SMILES string of the molecule is CC(=O)Nc1cccc2c1CCN(c1nc(-c3cccc(Cl)c3)no1)C2. The molecule has 0 fully saturated rings. The highest BCUT2D eigenvalue weighted by atomic mass is 35.5. The van der Waals surface area contributed by atoms with Gasteiger partial charge in [0.25, 0.3) is 0 Å². The Morgan fingerprint density at radius 3 is 2.92 bits per heavy atom. The van der Waals surface area contributed by atoms with E-state index in [0.717, 1.165) is 35.3 Å². The lowest BCUT2D eigenvalue weighted by Crippen LogP contribution is -2.31. The minimum Gasteiger partial charge on any atom is -0.326 e. The molecule has 1 aliphatic heterocycles. The van der Waals surface area contributed by atoms with Crippen LogP contribution in [0.5, 0.6) is 0 Å². The summed E-state index contributed by atoms with van der Waals surface area (Å²) in [6.07, 6.45) is 0.792. The molecule has 0 unspecified atom stereocenters. The Bertz CT molecular complexity index is 970. The first-order valence-corrected chi connectivity index (χ1v) is 8.71. The maximum atomic E-state index is 11.4. The normalized spacial score (nSPS) is 13.4. The predicted molar refractivity (Wildman–Crippen MR) is 100 cm³/mol. The van der Waals surface area contributed by atoms with Gasteiger partial charge in [0.15, 0.2) is 0 Å². The van der Waals surface area contributed by atoms with Crippen LogP contribution in [0.3, 0.4) is 0 Å². The molecule has 7 heteroatoms. The number of nitrogens with zero attached hydrogens (tertiary/aromatic N) is 3. The van der Waals surface area contributed by atoms with Crippen LogP contribution < -0.4 is 10.2 Å². The number of amides is 1. The summed E-state index contributed by atoms with van der Waals surface area (Å²) >= 11 is 6.03. The summed E-state index contributed by atoms with van der Waals surface area (Å²) in [5.41, 5.74) is 4.00. The second-order valence-corrected chi connectivity index (χ2v) is 6.64. The van der Waals surface area contributed by atoms with Gasteiger partial charge < -0.3 is 14.7 Å². The van der Waals surface area contributed by atoms with Crippen LogP contribution in [-0.2, 0) is 17.8 Å². The van der Waals surface area contributed by atoms with E-state index in [1.165, 1.54) is 6.92 Å². The van der Waals surface area contributed by atoms with E-state index in [9.17, 15) is 4.79 Å². The van der Waals surface area contributed by atoms with E-state index >= 15 is 0 Å². The van der Waals surface area contributed by atoms with Crippen molar-refractivity contribution in [3.8, 4) is 11.4 Å². The summed E-state index contributed by atoms with van der Waals surface area (Å²) < 4.78 is 5.46. The van der Waals surface area contributed by atoms with E-state index in [4.69, 9.17) is 16.1 Å². The van der Waals surface area contributed by atoms with Crippen molar-refractivity contribution < 1.29 is 9.32 Å². The zero-order valence-electron chi connectivity index (χ0n) is 14.2. The first-order chi connectivity index (χ1) is 12.6. The van der Waals surface area contributed by atoms with Gasteiger partial charge in [0.1, 0.15) is 0 Å². The van der Waals surface area contributed by atoms with Crippen LogP contribution in [0, 0.1) is 0 Å². The van der Waals surface area contributed by atoms with E-state index in [0.29, 0.717) is 23.4 Å². The molecule has 0 atom stereocenters. The molecule has 132 valence electrons. The molecular formula is C19H17ClN4O2. The fourth-order valence-electron chi connectivity index (χ4n) is 3.17. The predicted octanol–water partition coefficient (Wildman–Crippen LogP) is 3.91. The molecule has 3 aromatic rings. The van der Waals surface area contributed by atoms with E-state index < -0.39 is 0 Å². The number of fused-ring (bicyclic) bond motifs is 1. The number of hydrogen-bond acceptors (Lipinski definition) is 5. The van der Waals surface area contributed by atoms with Gasteiger partial charge >= 0.3 is 6.01 Å². The molecule has 2 aromatic carbocycles. The van der Waals surface area contributed by atoms with Crippen molar-refractivity contribution in [2.75, 3.05) is 16.8 Å². The second-order valence-electron chi connectivity index (χ2n) is 6.21. The number of benzene rings is 2. The zero-order valence-corrected chi connectivity index (χ0v) is 15.0. The van der Waals surface area contributed by atoms with Crippen molar-refractivity contribution in [1.82, 2.24) is 10.1 Å². The highest BCUT2D eigenvalue weighted by Gasteiger charge is 2.23. The number of anilines is 2. The molecule has 0 bridgehead atoms.